The maximum absolute atomic E-state index is 12.8. The molecule has 0 aliphatic rings. The Morgan fingerprint density at radius 1 is 1.14 bits per heavy atom. The molecule has 1 aromatic rings. The van der Waals surface area contributed by atoms with Crippen LogP contribution in [-0.4, -0.2) is 49.2 Å². The fraction of sp³-hybridized carbons (Fsp3) is 0.455. The van der Waals surface area contributed by atoms with Crippen molar-refractivity contribution in [2.24, 2.45) is 0 Å². The molecule has 0 spiro atoms. The van der Waals surface area contributed by atoms with Crippen molar-refractivity contribution >= 4 is 26.0 Å². The van der Waals surface area contributed by atoms with Gasteiger partial charge in [0.1, 0.15) is 0 Å². The van der Waals surface area contributed by atoms with E-state index in [1.807, 2.05) is 0 Å². The van der Waals surface area contributed by atoms with E-state index in [4.69, 9.17) is 10.2 Å². The van der Waals surface area contributed by atoms with Crippen LogP contribution in [-0.2, 0) is 16.2 Å². The SMILES string of the molecule is O=S(=O)(c1ccc(Br)c(C(F)(F)F)c1)N(CCO)CCO. The van der Waals surface area contributed by atoms with Crippen molar-refractivity contribution in [3.05, 3.63) is 28.2 Å². The minimum atomic E-state index is -4.71. The van der Waals surface area contributed by atoms with Crippen LogP contribution in [0.25, 0.3) is 0 Å². The van der Waals surface area contributed by atoms with Crippen LogP contribution in [0.4, 0.5) is 13.2 Å². The lowest BCUT2D eigenvalue weighted by atomic mass is 10.2. The molecule has 5 nitrogen and oxygen atoms in total. The number of hydrogen-bond acceptors (Lipinski definition) is 4. The van der Waals surface area contributed by atoms with Crippen molar-refractivity contribution in [2.45, 2.75) is 11.1 Å². The highest BCUT2D eigenvalue weighted by atomic mass is 79.9. The summed E-state index contributed by atoms with van der Waals surface area (Å²) < 4.78 is 63.3. The standard InChI is InChI=1S/C11H13BrF3NO4S/c12-10-2-1-8(7-9(10)11(13,14)15)21(19,20)16(3-5-17)4-6-18/h1-2,7,17-18H,3-6H2. The second-order valence-corrected chi connectivity index (χ2v) is 6.78. The molecule has 0 unspecified atom stereocenters. The molecule has 10 heteroatoms. The number of hydrogen-bond donors (Lipinski definition) is 2. The molecule has 120 valence electrons. The van der Waals surface area contributed by atoms with Crippen molar-refractivity contribution in [1.29, 1.82) is 0 Å². The molecule has 0 aliphatic carbocycles. The lowest BCUT2D eigenvalue weighted by Gasteiger charge is -2.21. The van der Waals surface area contributed by atoms with Crippen LogP contribution < -0.4 is 0 Å². The highest BCUT2D eigenvalue weighted by Gasteiger charge is 2.35. The minimum Gasteiger partial charge on any atom is -0.395 e. The first-order valence-electron chi connectivity index (χ1n) is 5.73. The van der Waals surface area contributed by atoms with Gasteiger partial charge in [0.25, 0.3) is 0 Å². The molecular formula is C11H13BrF3NO4S. The fourth-order valence-corrected chi connectivity index (χ4v) is 3.53. The molecule has 0 radical (unpaired) electrons. The molecule has 0 bridgehead atoms. The summed E-state index contributed by atoms with van der Waals surface area (Å²) >= 11 is 2.72. The van der Waals surface area contributed by atoms with Gasteiger partial charge in [0, 0.05) is 17.6 Å². The highest BCUT2D eigenvalue weighted by Crippen LogP contribution is 2.36. The summed E-state index contributed by atoms with van der Waals surface area (Å²) in [7, 11) is -4.23. The van der Waals surface area contributed by atoms with Crippen molar-refractivity contribution in [1.82, 2.24) is 4.31 Å². The van der Waals surface area contributed by atoms with E-state index in [0.717, 1.165) is 16.4 Å². The van der Waals surface area contributed by atoms with Crippen LogP contribution in [0.5, 0.6) is 0 Å². The first kappa shape index (κ1) is 18.4. The number of halogens is 4. The van der Waals surface area contributed by atoms with Gasteiger partial charge in [-0.25, -0.2) is 8.42 Å². The van der Waals surface area contributed by atoms with Crippen molar-refractivity contribution in [2.75, 3.05) is 26.3 Å². The lowest BCUT2D eigenvalue weighted by molar-refractivity contribution is -0.138. The van der Waals surface area contributed by atoms with Crippen molar-refractivity contribution < 1.29 is 31.8 Å². The molecule has 0 heterocycles. The maximum Gasteiger partial charge on any atom is 0.417 e. The summed E-state index contributed by atoms with van der Waals surface area (Å²) in [5.74, 6) is 0. The number of aliphatic hydroxyl groups excluding tert-OH is 2. The summed E-state index contributed by atoms with van der Waals surface area (Å²) in [6.45, 7) is -1.66. The van der Waals surface area contributed by atoms with Gasteiger partial charge in [-0.3, -0.25) is 0 Å². The third-order valence-corrected chi connectivity index (χ3v) is 5.17. The summed E-state index contributed by atoms with van der Waals surface area (Å²) in [5, 5.41) is 17.7. The van der Waals surface area contributed by atoms with Crippen LogP contribution in [0.15, 0.2) is 27.6 Å². The minimum absolute atomic E-state index is 0.273. The van der Waals surface area contributed by atoms with Crippen molar-refractivity contribution in [3.8, 4) is 0 Å². The Bertz CT molecular complexity index is 586. The number of sulfonamides is 1. The molecule has 0 atom stereocenters. The number of alkyl halides is 3. The van der Waals surface area contributed by atoms with E-state index in [2.05, 4.69) is 15.9 Å². The first-order chi connectivity index (χ1) is 9.64. The predicted octanol–water partition coefficient (Wildman–Crippen LogP) is 1.44. The van der Waals surface area contributed by atoms with E-state index >= 15 is 0 Å². The van der Waals surface area contributed by atoms with Crippen LogP contribution >= 0.6 is 15.9 Å². The number of nitrogens with zero attached hydrogens (tertiary/aromatic N) is 1. The average Bonchev–Trinajstić information content (AvgIpc) is 2.37. The largest absolute Gasteiger partial charge is 0.417 e. The Balaban J connectivity index is 3.31. The fourth-order valence-electron chi connectivity index (χ4n) is 1.61. The molecule has 1 rings (SSSR count). The zero-order chi connectivity index (χ0) is 16.3. The van der Waals surface area contributed by atoms with Gasteiger partial charge in [-0.05, 0) is 18.2 Å². The molecule has 0 amide bonds. The van der Waals surface area contributed by atoms with E-state index in [0.29, 0.717) is 6.07 Å². The van der Waals surface area contributed by atoms with E-state index in [1.54, 1.807) is 0 Å². The summed E-state index contributed by atoms with van der Waals surface area (Å²) in [6.07, 6.45) is -4.71. The molecule has 0 saturated carbocycles. The third-order valence-electron chi connectivity index (χ3n) is 2.58. The Hall–Kier alpha value is -0.680. The number of benzene rings is 1. The Kier molecular flexibility index (Phi) is 6.17. The van der Waals surface area contributed by atoms with Gasteiger partial charge in [0.2, 0.25) is 10.0 Å². The van der Waals surface area contributed by atoms with Crippen LogP contribution in [0.1, 0.15) is 5.56 Å². The maximum atomic E-state index is 12.8. The molecular weight excluding hydrogens is 379 g/mol. The molecule has 21 heavy (non-hydrogen) atoms. The average molecular weight is 392 g/mol. The van der Waals surface area contributed by atoms with Gasteiger partial charge < -0.3 is 10.2 Å². The van der Waals surface area contributed by atoms with Gasteiger partial charge in [-0.2, -0.15) is 17.5 Å². The molecule has 0 saturated heterocycles. The second-order valence-electron chi connectivity index (χ2n) is 3.99. The molecule has 1 aromatic carbocycles. The quantitative estimate of drug-likeness (QED) is 0.768. The Morgan fingerprint density at radius 3 is 2.10 bits per heavy atom. The summed E-state index contributed by atoms with van der Waals surface area (Å²) in [6, 6.07) is 2.53. The summed E-state index contributed by atoms with van der Waals surface area (Å²) in [4.78, 5) is -0.556. The van der Waals surface area contributed by atoms with Gasteiger partial charge in [-0.15, -0.1) is 0 Å². The van der Waals surface area contributed by atoms with Crippen LogP contribution in [0, 0.1) is 0 Å². The highest BCUT2D eigenvalue weighted by molar-refractivity contribution is 9.10. The lowest BCUT2D eigenvalue weighted by Crippen LogP contribution is -2.36. The van der Waals surface area contributed by atoms with Gasteiger partial charge in [0.15, 0.2) is 0 Å². The Morgan fingerprint density at radius 2 is 1.67 bits per heavy atom. The van der Waals surface area contributed by atoms with E-state index in [9.17, 15) is 21.6 Å². The Labute approximate surface area is 128 Å². The molecule has 0 fully saturated rings. The third kappa shape index (κ3) is 4.39. The predicted molar refractivity (Wildman–Crippen MR) is 72.1 cm³/mol. The van der Waals surface area contributed by atoms with Gasteiger partial charge in [0.05, 0.1) is 23.7 Å². The zero-order valence-electron chi connectivity index (χ0n) is 10.6. The smallest absolute Gasteiger partial charge is 0.395 e. The second kappa shape index (κ2) is 7.05. The van der Waals surface area contributed by atoms with Gasteiger partial charge >= 0.3 is 6.18 Å². The van der Waals surface area contributed by atoms with E-state index < -0.39 is 39.9 Å². The number of aliphatic hydroxyl groups is 2. The van der Waals surface area contributed by atoms with Crippen LogP contribution in [0.2, 0.25) is 0 Å². The normalized spacial score (nSPS) is 12.9. The van der Waals surface area contributed by atoms with E-state index in [-0.39, 0.29) is 17.6 Å². The summed E-state index contributed by atoms with van der Waals surface area (Å²) in [5.41, 5.74) is -1.11. The molecule has 2 N–H and O–H groups in total. The topological polar surface area (TPSA) is 77.8 Å². The van der Waals surface area contributed by atoms with E-state index in [1.165, 1.54) is 0 Å². The number of rotatable bonds is 6. The van der Waals surface area contributed by atoms with Gasteiger partial charge in [-0.1, -0.05) is 15.9 Å². The van der Waals surface area contributed by atoms with Crippen LogP contribution in [0.3, 0.4) is 0 Å². The molecule has 0 aliphatic heterocycles. The molecule has 0 aromatic heterocycles. The van der Waals surface area contributed by atoms with Crippen molar-refractivity contribution in [3.63, 3.8) is 0 Å². The first-order valence-corrected chi connectivity index (χ1v) is 7.96. The monoisotopic (exact) mass is 391 g/mol. The zero-order valence-corrected chi connectivity index (χ0v) is 13.0.